The van der Waals surface area contributed by atoms with Crippen molar-refractivity contribution >= 4 is 0 Å². The number of aliphatic hydroxyl groups excluding tert-OH is 1. The molecule has 54 valence electrons. The van der Waals surface area contributed by atoms with Crippen LogP contribution in [0.4, 0.5) is 0 Å². The highest BCUT2D eigenvalue weighted by molar-refractivity contribution is 4.78. The summed E-state index contributed by atoms with van der Waals surface area (Å²) in [5, 5.41) is 11.9. The maximum Gasteiger partial charge on any atom is 0.0793 e. The number of nitrogens with zero attached hydrogens (tertiary/aromatic N) is 1. The molecule has 3 nitrogen and oxygen atoms in total. The molecule has 0 bridgehead atoms. The average Bonchev–Trinajstić information content (AvgIpc) is 1.78. The van der Waals surface area contributed by atoms with Crippen LogP contribution in [0.15, 0.2) is 0 Å². The lowest BCUT2D eigenvalue weighted by molar-refractivity contribution is 0.00345. The van der Waals surface area contributed by atoms with Gasteiger partial charge in [-0.2, -0.15) is 0 Å². The number of nitrogens with one attached hydrogen (secondary N) is 1. The minimum absolute atomic E-state index is 0.0538. The van der Waals surface area contributed by atoms with Crippen molar-refractivity contribution in [1.82, 2.24) is 10.2 Å². The highest BCUT2D eigenvalue weighted by Crippen LogP contribution is 2.04. The van der Waals surface area contributed by atoms with E-state index in [9.17, 15) is 0 Å². The van der Waals surface area contributed by atoms with E-state index in [1.807, 2.05) is 7.05 Å². The molecule has 1 aliphatic rings. The van der Waals surface area contributed by atoms with Gasteiger partial charge in [-0.15, -0.1) is 0 Å². The maximum absolute atomic E-state index is 8.86. The Morgan fingerprint density at radius 3 is 2.78 bits per heavy atom. The zero-order valence-electron chi connectivity index (χ0n) is 5.80. The highest BCUT2D eigenvalue weighted by atomic mass is 16.3. The molecule has 0 aromatic heterocycles. The topological polar surface area (TPSA) is 35.5 Å². The Bertz CT molecular complexity index is 81.1. The molecule has 0 aromatic rings. The van der Waals surface area contributed by atoms with Crippen LogP contribution in [-0.2, 0) is 0 Å². The molecule has 0 aliphatic carbocycles. The van der Waals surface area contributed by atoms with Gasteiger partial charge in [0, 0.05) is 26.2 Å². The molecule has 0 amide bonds. The Kier molecular flexibility index (Phi) is 2.45. The first-order valence-electron chi connectivity index (χ1n) is 3.38. The molecule has 0 unspecified atom stereocenters. The molecular formula is C6H14N2O. The third-order valence-corrected chi connectivity index (χ3v) is 1.62. The lowest BCUT2D eigenvalue weighted by atomic mass is 10.2. The molecule has 0 saturated carbocycles. The Morgan fingerprint density at radius 1 is 1.67 bits per heavy atom. The molecular weight excluding hydrogens is 116 g/mol. The molecule has 1 aliphatic heterocycles. The molecule has 3 heteroatoms. The van der Waals surface area contributed by atoms with Crippen LogP contribution >= 0.6 is 0 Å². The predicted octanol–water partition coefficient (Wildman–Crippen LogP) is -1.12. The second-order valence-corrected chi connectivity index (χ2v) is 2.52. The lowest BCUT2D eigenvalue weighted by Crippen LogP contribution is -2.52. The smallest absolute Gasteiger partial charge is 0.0793 e. The average molecular weight is 130 g/mol. The van der Waals surface area contributed by atoms with Crippen molar-refractivity contribution in [3.63, 3.8) is 0 Å². The van der Waals surface area contributed by atoms with Gasteiger partial charge in [0.15, 0.2) is 0 Å². The van der Waals surface area contributed by atoms with Gasteiger partial charge in [-0.3, -0.25) is 4.90 Å². The fraction of sp³-hybridized carbons (Fsp3) is 1.00. The fourth-order valence-corrected chi connectivity index (χ4v) is 0.995. The summed E-state index contributed by atoms with van der Waals surface area (Å²) < 4.78 is 0. The molecule has 1 fully saturated rings. The molecule has 1 saturated heterocycles. The van der Waals surface area contributed by atoms with Gasteiger partial charge in [-0.25, -0.2) is 0 Å². The molecule has 0 aromatic carbocycles. The van der Waals surface area contributed by atoms with Gasteiger partial charge >= 0.3 is 0 Å². The molecule has 0 spiro atoms. The summed E-state index contributed by atoms with van der Waals surface area (Å²) in [6.07, 6.45) is -0.0538. The van der Waals surface area contributed by atoms with E-state index in [2.05, 4.69) is 10.2 Å². The normalized spacial score (nSPS) is 22.0. The standard InChI is InChI=1S/C6H14N2O/c1-7-2-3-8-4-6(9)5-8/h6-7,9H,2-5H2,1H3. The number of hydrogen-bond acceptors (Lipinski definition) is 3. The van der Waals surface area contributed by atoms with E-state index in [0.717, 1.165) is 26.2 Å². The molecule has 1 rings (SSSR count). The van der Waals surface area contributed by atoms with Crippen LogP contribution in [0.1, 0.15) is 0 Å². The third-order valence-electron chi connectivity index (χ3n) is 1.62. The second-order valence-electron chi connectivity index (χ2n) is 2.52. The van der Waals surface area contributed by atoms with Crippen LogP contribution < -0.4 is 5.32 Å². The zero-order valence-corrected chi connectivity index (χ0v) is 5.80. The van der Waals surface area contributed by atoms with Gasteiger partial charge in [-0.1, -0.05) is 0 Å². The van der Waals surface area contributed by atoms with Crippen molar-refractivity contribution < 1.29 is 5.11 Å². The first-order chi connectivity index (χ1) is 4.33. The Hall–Kier alpha value is -0.120. The number of aliphatic hydroxyl groups is 1. The van der Waals surface area contributed by atoms with E-state index in [1.165, 1.54) is 0 Å². The van der Waals surface area contributed by atoms with Crippen LogP contribution in [0.25, 0.3) is 0 Å². The summed E-state index contributed by atoms with van der Waals surface area (Å²) in [7, 11) is 1.94. The number of hydrogen-bond donors (Lipinski definition) is 2. The van der Waals surface area contributed by atoms with Gasteiger partial charge < -0.3 is 10.4 Å². The van der Waals surface area contributed by atoms with Gasteiger partial charge in [0.05, 0.1) is 6.10 Å². The predicted molar refractivity (Wildman–Crippen MR) is 36.4 cm³/mol. The molecule has 2 N–H and O–H groups in total. The van der Waals surface area contributed by atoms with Crippen molar-refractivity contribution in [3.05, 3.63) is 0 Å². The first kappa shape index (κ1) is 6.99. The van der Waals surface area contributed by atoms with Gasteiger partial charge in [-0.05, 0) is 7.05 Å². The first-order valence-corrected chi connectivity index (χ1v) is 3.38. The van der Waals surface area contributed by atoms with Crippen molar-refractivity contribution in [3.8, 4) is 0 Å². The van der Waals surface area contributed by atoms with Gasteiger partial charge in [0.2, 0.25) is 0 Å². The van der Waals surface area contributed by atoms with E-state index in [4.69, 9.17) is 5.11 Å². The van der Waals surface area contributed by atoms with E-state index in [0.29, 0.717) is 0 Å². The minimum atomic E-state index is -0.0538. The van der Waals surface area contributed by atoms with E-state index in [-0.39, 0.29) is 6.10 Å². The Balaban J connectivity index is 1.91. The van der Waals surface area contributed by atoms with Gasteiger partial charge in [0.25, 0.3) is 0 Å². The SMILES string of the molecule is CNCCN1CC(O)C1. The fourth-order valence-electron chi connectivity index (χ4n) is 0.995. The van der Waals surface area contributed by atoms with Crippen molar-refractivity contribution in [2.75, 3.05) is 33.2 Å². The number of β-amino-alcohol motifs (C(OH)–C–C–N with tert-alkyl or cyclic N) is 1. The van der Waals surface area contributed by atoms with Crippen molar-refractivity contribution in [2.24, 2.45) is 0 Å². The summed E-state index contributed by atoms with van der Waals surface area (Å²) in [6.45, 7) is 3.81. The van der Waals surface area contributed by atoms with E-state index in [1.54, 1.807) is 0 Å². The van der Waals surface area contributed by atoms with Crippen LogP contribution in [0, 0.1) is 0 Å². The van der Waals surface area contributed by atoms with Crippen molar-refractivity contribution in [2.45, 2.75) is 6.10 Å². The highest BCUT2D eigenvalue weighted by Gasteiger charge is 2.22. The van der Waals surface area contributed by atoms with E-state index < -0.39 is 0 Å². The molecule has 0 radical (unpaired) electrons. The summed E-state index contributed by atoms with van der Waals surface area (Å²) in [4.78, 5) is 2.22. The van der Waals surface area contributed by atoms with E-state index >= 15 is 0 Å². The van der Waals surface area contributed by atoms with Crippen LogP contribution in [-0.4, -0.2) is 49.3 Å². The maximum atomic E-state index is 8.86. The Morgan fingerprint density at radius 2 is 2.33 bits per heavy atom. The Labute approximate surface area is 55.7 Å². The zero-order chi connectivity index (χ0) is 6.69. The lowest BCUT2D eigenvalue weighted by Gasteiger charge is -2.35. The van der Waals surface area contributed by atoms with Crippen LogP contribution in [0.2, 0.25) is 0 Å². The van der Waals surface area contributed by atoms with Crippen LogP contribution in [0.5, 0.6) is 0 Å². The molecule has 9 heavy (non-hydrogen) atoms. The van der Waals surface area contributed by atoms with Gasteiger partial charge in [0.1, 0.15) is 0 Å². The summed E-state index contributed by atoms with van der Waals surface area (Å²) >= 11 is 0. The molecule has 1 heterocycles. The van der Waals surface area contributed by atoms with Crippen molar-refractivity contribution in [1.29, 1.82) is 0 Å². The number of rotatable bonds is 3. The second kappa shape index (κ2) is 3.15. The quantitative estimate of drug-likeness (QED) is 0.508. The summed E-state index contributed by atoms with van der Waals surface area (Å²) in [5.74, 6) is 0. The minimum Gasteiger partial charge on any atom is -0.390 e. The summed E-state index contributed by atoms with van der Waals surface area (Å²) in [6, 6.07) is 0. The largest absolute Gasteiger partial charge is 0.390 e. The van der Waals surface area contributed by atoms with Crippen LogP contribution in [0.3, 0.4) is 0 Å². The third kappa shape index (κ3) is 1.93. The number of likely N-dealkylation sites (N-methyl/N-ethyl adjacent to an activating group) is 1. The molecule has 0 atom stereocenters. The monoisotopic (exact) mass is 130 g/mol. The number of likely N-dealkylation sites (tertiary alicyclic amines) is 1. The summed E-state index contributed by atoms with van der Waals surface area (Å²) in [5.41, 5.74) is 0.